The lowest BCUT2D eigenvalue weighted by atomic mass is 10.2. The van der Waals surface area contributed by atoms with Gasteiger partial charge in [-0.25, -0.2) is 13.2 Å². The number of carbonyl (C=O) groups is 3. The van der Waals surface area contributed by atoms with Gasteiger partial charge in [-0.05, 0) is 60.8 Å². The van der Waals surface area contributed by atoms with Crippen LogP contribution in [0, 0.1) is 0 Å². The molecule has 0 saturated carbocycles. The van der Waals surface area contributed by atoms with E-state index in [0.29, 0.717) is 17.2 Å². The molecule has 2 heterocycles. The maximum absolute atomic E-state index is 12.7. The molecule has 1 fully saturated rings. The molecule has 4 rings (SSSR count). The Labute approximate surface area is 194 Å². The molecule has 0 spiro atoms. The molecule has 0 radical (unpaired) electrons. The van der Waals surface area contributed by atoms with E-state index in [0.717, 1.165) is 14.4 Å². The Hall–Kier alpha value is -3.28. The van der Waals surface area contributed by atoms with Gasteiger partial charge >= 0.3 is 5.97 Å². The number of esters is 1. The Morgan fingerprint density at radius 1 is 1.15 bits per heavy atom. The van der Waals surface area contributed by atoms with Crippen molar-refractivity contribution in [3.8, 4) is 0 Å². The smallest absolute Gasteiger partial charge is 0.348 e. The number of nitrogens with one attached hydrogen (secondary N) is 2. The first-order chi connectivity index (χ1) is 15.8. The van der Waals surface area contributed by atoms with E-state index >= 15 is 0 Å². The third kappa shape index (κ3) is 4.90. The van der Waals surface area contributed by atoms with Crippen molar-refractivity contribution in [2.75, 3.05) is 31.6 Å². The third-order valence-corrected chi connectivity index (χ3v) is 7.96. The van der Waals surface area contributed by atoms with Gasteiger partial charge < -0.3 is 15.4 Å². The van der Waals surface area contributed by atoms with Crippen molar-refractivity contribution in [2.24, 2.45) is 0 Å². The molecule has 1 aromatic heterocycles. The molecule has 1 aliphatic heterocycles. The van der Waals surface area contributed by atoms with Gasteiger partial charge in [0.2, 0.25) is 15.9 Å². The average molecular weight is 488 g/mol. The maximum atomic E-state index is 12.7. The van der Waals surface area contributed by atoms with Crippen molar-refractivity contribution < 1.29 is 27.5 Å². The van der Waals surface area contributed by atoms with E-state index in [1.165, 1.54) is 35.6 Å². The van der Waals surface area contributed by atoms with Crippen LogP contribution in [-0.4, -0.2) is 56.7 Å². The molecular weight excluding hydrogens is 466 g/mol. The van der Waals surface area contributed by atoms with Crippen molar-refractivity contribution in [1.82, 2.24) is 9.62 Å². The lowest BCUT2D eigenvalue weighted by Gasteiger charge is -2.25. The SMILES string of the molecule is CCOC(=O)c1cc2cc(NC(=O)c3ccc(S(=O)(=O)N4CCNC(=O)C4)cc3)ccc2s1. The van der Waals surface area contributed by atoms with Crippen LogP contribution < -0.4 is 10.6 Å². The normalized spacial score (nSPS) is 14.6. The molecule has 2 N–H and O–H groups in total. The number of hydrogen-bond acceptors (Lipinski definition) is 7. The number of hydrogen-bond donors (Lipinski definition) is 2. The van der Waals surface area contributed by atoms with Crippen LogP contribution in [0.3, 0.4) is 0 Å². The van der Waals surface area contributed by atoms with Gasteiger partial charge in [-0.2, -0.15) is 4.31 Å². The van der Waals surface area contributed by atoms with Crippen molar-refractivity contribution >= 4 is 54.9 Å². The van der Waals surface area contributed by atoms with Gasteiger partial charge in [0.25, 0.3) is 5.91 Å². The Morgan fingerprint density at radius 2 is 1.91 bits per heavy atom. The molecule has 33 heavy (non-hydrogen) atoms. The lowest BCUT2D eigenvalue weighted by molar-refractivity contribution is -0.122. The van der Waals surface area contributed by atoms with Gasteiger partial charge in [0.1, 0.15) is 4.88 Å². The van der Waals surface area contributed by atoms with Crippen molar-refractivity contribution in [1.29, 1.82) is 0 Å². The monoisotopic (exact) mass is 487 g/mol. The second-order valence-electron chi connectivity index (χ2n) is 7.25. The van der Waals surface area contributed by atoms with Gasteiger partial charge in [0, 0.05) is 29.0 Å². The first kappa shape index (κ1) is 22.9. The van der Waals surface area contributed by atoms with Gasteiger partial charge in [-0.3, -0.25) is 9.59 Å². The molecular formula is C22H21N3O6S2. The summed E-state index contributed by atoms with van der Waals surface area (Å²) in [5.41, 5.74) is 0.819. The summed E-state index contributed by atoms with van der Waals surface area (Å²) in [6.45, 7) is 2.26. The molecule has 2 amide bonds. The summed E-state index contributed by atoms with van der Waals surface area (Å²) >= 11 is 1.31. The zero-order valence-electron chi connectivity index (χ0n) is 17.7. The van der Waals surface area contributed by atoms with Gasteiger partial charge in [-0.15, -0.1) is 11.3 Å². The largest absolute Gasteiger partial charge is 0.462 e. The molecule has 0 bridgehead atoms. The van der Waals surface area contributed by atoms with Gasteiger partial charge in [0.15, 0.2) is 0 Å². The summed E-state index contributed by atoms with van der Waals surface area (Å²) in [5, 5.41) is 6.16. The number of rotatable bonds is 6. The number of anilines is 1. The van der Waals surface area contributed by atoms with Crippen LogP contribution in [0.2, 0.25) is 0 Å². The van der Waals surface area contributed by atoms with Crippen LogP contribution >= 0.6 is 11.3 Å². The zero-order chi connectivity index (χ0) is 23.6. The minimum Gasteiger partial charge on any atom is -0.462 e. The summed E-state index contributed by atoms with van der Waals surface area (Å²) in [7, 11) is -3.83. The Morgan fingerprint density at radius 3 is 2.61 bits per heavy atom. The van der Waals surface area contributed by atoms with E-state index in [1.807, 2.05) is 6.07 Å². The summed E-state index contributed by atoms with van der Waals surface area (Å²) in [6, 6.07) is 12.6. The standard InChI is InChI=1S/C22H21N3O6S2/c1-2-31-22(28)19-12-15-11-16(5-8-18(15)32-19)24-21(27)14-3-6-17(7-4-14)33(29,30)25-10-9-23-20(26)13-25/h3-8,11-12H,2,9-10,13H2,1H3,(H,23,26)(H,24,27). The summed E-state index contributed by atoms with van der Waals surface area (Å²) in [4.78, 5) is 36.6. The molecule has 0 atom stereocenters. The van der Waals surface area contributed by atoms with Crippen LogP contribution in [0.25, 0.3) is 10.1 Å². The lowest BCUT2D eigenvalue weighted by Crippen LogP contribution is -2.49. The number of amides is 2. The highest BCUT2D eigenvalue weighted by Crippen LogP contribution is 2.29. The van der Waals surface area contributed by atoms with Crippen molar-refractivity contribution in [2.45, 2.75) is 11.8 Å². The number of thiophene rings is 1. The van der Waals surface area contributed by atoms with E-state index in [-0.39, 0.29) is 42.0 Å². The molecule has 2 aromatic carbocycles. The van der Waals surface area contributed by atoms with Crippen molar-refractivity contribution in [3.63, 3.8) is 0 Å². The minimum atomic E-state index is -3.83. The fraction of sp³-hybridized carbons (Fsp3) is 0.227. The first-order valence-corrected chi connectivity index (χ1v) is 12.4. The Kier molecular flexibility index (Phi) is 6.45. The Balaban J connectivity index is 1.48. The van der Waals surface area contributed by atoms with Crippen LogP contribution in [-0.2, 0) is 19.6 Å². The van der Waals surface area contributed by atoms with E-state index in [9.17, 15) is 22.8 Å². The molecule has 9 nitrogen and oxygen atoms in total. The van der Waals surface area contributed by atoms with E-state index in [1.54, 1.807) is 25.1 Å². The summed E-state index contributed by atoms with van der Waals surface area (Å²) < 4.78 is 32.5. The van der Waals surface area contributed by atoms with E-state index in [4.69, 9.17) is 4.74 Å². The molecule has 0 unspecified atom stereocenters. The number of fused-ring (bicyclic) bond motifs is 1. The van der Waals surface area contributed by atoms with E-state index < -0.39 is 15.9 Å². The van der Waals surface area contributed by atoms with Crippen LogP contribution in [0.15, 0.2) is 53.4 Å². The third-order valence-electron chi connectivity index (χ3n) is 5.01. The second-order valence-corrected chi connectivity index (χ2v) is 10.3. The molecule has 1 saturated heterocycles. The maximum Gasteiger partial charge on any atom is 0.348 e. The number of piperazine rings is 1. The fourth-order valence-electron chi connectivity index (χ4n) is 3.37. The fourth-order valence-corrected chi connectivity index (χ4v) is 5.71. The first-order valence-electron chi connectivity index (χ1n) is 10.2. The number of carbonyl (C=O) groups excluding carboxylic acids is 3. The minimum absolute atomic E-state index is 0.0138. The molecule has 3 aromatic rings. The number of nitrogens with zero attached hydrogens (tertiary/aromatic N) is 1. The highest BCUT2D eigenvalue weighted by Gasteiger charge is 2.29. The number of benzene rings is 2. The average Bonchev–Trinajstić information content (AvgIpc) is 3.23. The number of sulfonamides is 1. The van der Waals surface area contributed by atoms with Gasteiger partial charge in [-0.1, -0.05) is 0 Å². The Bertz CT molecular complexity index is 1330. The number of ether oxygens (including phenoxy) is 1. The quantitative estimate of drug-likeness (QED) is 0.515. The highest BCUT2D eigenvalue weighted by molar-refractivity contribution is 7.89. The van der Waals surface area contributed by atoms with Crippen LogP contribution in [0.1, 0.15) is 27.0 Å². The molecule has 0 aliphatic carbocycles. The van der Waals surface area contributed by atoms with E-state index in [2.05, 4.69) is 10.6 Å². The highest BCUT2D eigenvalue weighted by atomic mass is 32.2. The summed E-state index contributed by atoms with van der Waals surface area (Å²) in [6.07, 6.45) is 0. The predicted octanol–water partition coefficient (Wildman–Crippen LogP) is 2.45. The molecule has 11 heteroatoms. The van der Waals surface area contributed by atoms with Crippen LogP contribution in [0.4, 0.5) is 5.69 Å². The molecule has 1 aliphatic rings. The second kappa shape index (κ2) is 9.30. The predicted molar refractivity (Wildman–Crippen MR) is 124 cm³/mol. The zero-order valence-corrected chi connectivity index (χ0v) is 19.3. The molecule has 172 valence electrons. The topological polar surface area (TPSA) is 122 Å². The van der Waals surface area contributed by atoms with Crippen LogP contribution in [0.5, 0.6) is 0 Å². The summed E-state index contributed by atoms with van der Waals surface area (Å²) in [5.74, 6) is -1.14. The van der Waals surface area contributed by atoms with Crippen molar-refractivity contribution in [3.05, 3.63) is 59.0 Å². The van der Waals surface area contributed by atoms with Gasteiger partial charge in [0.05, 0.1) is 18.0 Å².